The molecule has 1 heterocycles. The highest BCUT2D eigenvalue weighted by atomic mass is 16.5. The van der Waals surface area contributed by atoms with Crippen molar-refractivity contribution in [2.24, 2.45) is 0 Å². The zero-order valence-corrected chi connectivity index (χ0v) is 9.50. The fourth-order valence-electron chi connectivity index (χ4n) is 1.94. The van der Waals surface area contributed by atoms with Crippen LogP contribution in [0.4, 0.5) is 5.69 Å². The molecule has 0 fully saturated rings. The summed E-state index contributed by atoms with van der Waals surface area (Å²) >= 11 is 0. The van der Waals surface area contributed by atoms with Crippen molar-refractivity contribution in [1.82, 2.24) is 0 Å². The summed E-state index contributed by atoms with van der Waals surface area (Å²) in [6.45, 7) is 0.780. The molecule has 1 N–H and O–H groups in total. The van der Waals surface area contributed by atoms with Crippen LogP contribution in [0.1, 0.15) is 23.2 Å². The lowest BCUT2D eigenvalue weighted by atomic mass is 10.0. The van der Waals surface area contributed by atoms with E-state index in [0.29, 0.717) is 23.5 Å². The number of hydrogen-bond acceptors (Lipinski definition) is 4. The van der Waals surface area contributed by atoms with Crippen LogP contribution in [0.2, 0.25) is 0 Å². The van der Waals surface area contributed by atoms with Gasteiger partial charge >= 0.3 is 0 Å². The normalized spacial score (nSPS) is 14.8. The minimum Gasteiger partial charge on any atom is -0.496 e. The van der Waals surface area contributed by atoms with Crippen molar-refractivity contribution in [2.75, 3.05) is 26.1 Å². The van der Waals surface area contributed by atoms with Gasteiger partial charge in [0.15, 0.2) is 5.78 Å². The van der Waals surface area contributed by atoms with E-state index in [1.54, 1.807) is 20.3 Å². The van der Waals surface area contributed by atoms with Gasteiger partial charge in [0, 0.05) is 13.0 Å². The number of anilines is 1. The first-order valence-corrected chi connectivity index (χ1v) is 5.30. The lowest BCUT2D eigenvalue weighted by molar-refractivity contribution is 0.0980. The molecule has 86 valence electrons. The minimum atomic E-state index is 0.107. The monoisotopic (exact) mass is 221 g/mol. The first kappa shape index (κ1) is 10.8. The molecule has 0 bridgehead atoms. The fraction of sp³-hybridized carbons (Fsp3) is 0.417. The molecule has 2 rings (SSSR count). The molecule has 0 spiro atoms. The zero-order chi connectivity index (χ0) is 11.5. The number of Topliss-reactive ketones (excluding diaryl/α,β-unsaturated/α-hetero) is 1. The van der Waals surface area contributed by atoms with Gasteiger partial charge in [-0.05, 0) is 18.6 Å². The van der Waals surface area contributed by atoms with E-state index in [1.165, 1.54) is 0 Å². The summed E-state index contributed by atoms with van der Waals surface area (Å²) in [6, 6.07) is 3.58. The highest BCUT2D eigenvalue weighted by Gasteiger charge is 2.22. The average Bonchev–Trinajstić information content (AvgIpc) is 2.51. The van der Waals surface area contributed by atoms with Gasteiger partial charge in [-0.2, -0.15) is 0 Å². The van der Waals surface area contributed by atoms with Crippen molar-refractivity contribution in [1.29, 1.82) is 0 Å². The van der Waals surface area contributed by atoms with E-state index in [9.17, 15) is 4.79 Å². The Morgan fingerprint density at radius 1 is 1.19 bits per heavy atom. The maximum absolute atomic E-state index is 12.0. The van der Waals surface area contributed by atoms with Crippen molar-refractivity contribution in [2.45, 2.75) is 12.8 Å². The minimum absolute atomic E-state index is 0.107. The van der Waals surface area contributed by atoms with Crippen LogP contribution < -0.4 is 14.8 Å². The number of fused-ring (bicyclic) bond motifs is 1. The van der Waals surface area contributed by atoms with Crippen molar-refractivity contribution in [3.8, 4) is 11.5 Å². The standard InChI is InChI=1S/C12H15NO3/c1-15-9-5-6-10(16-2)12-11(9)8(14)4-3-7-13-12/h5-6,13H,3-4,7H2,1-2H3. The molecule has 0 radical (unpaired) electrons. The van der Waals surface area contributed by atoms with E-state index in [1.807, 2.05) is 6.07 Å². The van der Waals surface area contributed by atoms with Gasteiger partial charge in [-0.1, -0.05) is 0 Å². The second-order valence-electron chi connectivity index (χ2n) is 3.67. The van der Waals surface area contributed by atoms with Crippen LogP contribution in [0.5, 0.6) is 11.5 Å². The van der Waals surface area contributed by atoms with Gasteiger partial charge in [-0.25, -0.2) is 0 Å². The number of carbonyl (C=O) groups is 1. The Bertz CT molecular complexity index is 415. The predicted octanol–water partition coefficient (Wildman–Crippen LogP) is 2.09. The Hall–Kier alpha value is -1.71. The molecule has 16 heavy (non-hydrogen) atoms. The molecule has 1 aromatic carbocycles. The quantitative estimate of drug-likeness (QED) is 0.830. The molecule has 0 atom stereocenters. The molecule has 0 aromatic heterocycles. The number of rotatable bonds is 2. The number of benzene rings is 1. The average molecular weight is 221 g/mol. The maximum atomic E-state index is 12.0. The van der Waals surface area contributed by atoms with Gasteiger partial charge in [0.2, 0.25) is 0 Å². The lowest BCUT2D eigenvalue weighted by Gasteiger charge is -2.14. The van der Waals surface area contributed by atoms with E-state index in [0.717, 1.165) is 18.7 Å². The zero-order valence-electron chi connectivity index (χ0n) is 9.50. The second-order valence-corrected chi connectivity index (χ2v) is 3.67. The highest BCUT2D eigenvalue weighted by molar-refractivity contribution is 6.05. The van der Waals surface area contributed by atoms with Crippen LogP contribution >= 0.6 is 0 Å². The van der Waals surface area contributed by atoms with Gasteiger partial charge < -0.3 is 14.8 Å². The summed E-state index contributed by atoms with van der Waals surface area (Å²) in [4.78, 5) is 12.0. The Balaban J connectivity index is 2.61. The third kappa shape index (κ3) is 1.71. The van der Waals surface area contributed by atoms with Crippen LogP contribution in [0.15, 0.2) is 12.1 Å². The Morgan fingerprint density at radius 2 is 1.88 bits per heavy atom. The van der Waals surface area contributed by atoms with Crippen molar-refractivity contribution >= 4 is 11.5 Å². The van der Waals surface area contributed by atoms with E-state index >= 15 is 0 Å². The van der Waals surface area contributed by atoms with Crippen LogP contribution in [-0.4, -0.2) is 26.5 Å². The van der Waals surface area contributed by atoms with Gasteiger partial charge in [0.05, 0.1) is 25.5 Å². The van der Waals surface area contributed by atoms with Crippen molar-refractivity contribution in [3.05, 3.63) is 17.7 Å². The smallest absolute Gasteiger partial charge is 0.168 e. The third-order valence-electron chi connectivity index (χ3n) is 2.73. The largest absolute Gasteiger partial charge is 0.496 e. The molecule has 1 aromatic rings. The van der Waals surface area contributed by atoms with Crippen LogP contribution in [0.25, 0.3) is 0 Å². The summed E-state index contributed by atoms with van der Waals surface area (Å²) in [6.07, 6.45) is 1.38. The first-order chi connectivity index (χ1) is 7.77. The third-order valence-corrected chi connectivity index (χ3v) is 2.73. The molecule has 0 unspecified atom stereocenters. The summed E-state index contributed by atoms with van der Waals surface area (Å²) in [5, 5.41) is 3.22. The number of ketones is 1. The Morgan fingerprint density at radius 3 is 2.56 bits per heavy atom. The number of hydrogen-bond donors (Lipinski definition) is 1. The molecular weight excluding hydrogens is 206 g/mol. The van der Waals surface area contributed by atoms with E-state index in [2.05, 4.69) is 5.32 Å². The SMILES string of the molecule is COc1ccc(OC)c2c1NCCCC2=O. The number of ether oxygens (including phenoxy) is 2. The van der Waals surface area contributed by atoms with Crippen molar-refractivity contribution < 1.29 is 14.3 Å². The van der Waals surface area contributed by atoms with Gasteiger partial charge in [-0.3, -0.25) is 4.79 Å². The van der Waals surface area contributed by atoms with Gasteiger partial charge in [0.25, 0.3) is 0 Å². The maximum Gasteiger partial charge on any atom is 0.168 e. The number of methoxy groups -OCH3 is 2. The van der Waals surface area contributed by atoms with E-state index < -0.39 is 0 Å². The molecule has 4 heteroatoms. The van der Waals surface area contributed by atoms with Gasteiger partial charge in [0.1, 0.15) is 11.5 Å². The summed E-state index contributed by atoms with van der Waals surface area (Å²) in [7, 11) is 3.17. The van der Waals surface area contributed by atoms with Crippen LogP contribution in [0.3, 0.4) is 0 Å². The Kier molecular flexibility index (Phi) is 2.99. The molecule has 1 aliphatic heterocycles. The molecule has 0 amide bonds. The molecule has 4 nitrogen and oxygen atoms in total. The molecule has 1 aliphatic rings. The summed E-state index contributed by atoms with van der Waals surface area (Å²) < 4.78 is 10.5. The molecule has 0 saturated heterocycles. The first-order valence-electron chi connectivity index (χ1n) is 5.30. The van der Waals surface area contributed by atoms with E-state index in [-0.39, 0.29) is 5.78 Å². The van der Waals surface area contributed by atoms with Crippen LogP contribution in [0, 0.1) is 0 Å². The fourth-order valence-corrected chi connectivity index (χ4v) is 1.94. The molecular formula is C12H15NO3. The highest BCUT2D eigenvalue weighted by Crippen LogP contribution is 2.37. The lowest BCUT2D eigenvalue weighted by Crippen LogP contribution is -2.05. The predicted molar refractivity (Wildman–Crippen MR) is 61.6 cm³/mol. The topological polar surface area (TPSA) is 47.6 Å². The number of nitrogens with one attached hydrogen (secondary N) is 1. The second kappa shape index (κ2) is 4.43. The van der Waals surface area contributed by atoms with Crippen LogP contribution in [-0.2, 0) is 0 Å². The summed E-state index contributed by atoms with van der Waals surface area (Å²) in [5.41, 5.74) is 1.36. The van der Waals surface area contributed by atoms with E-state index in [4.69, 9.17) is 9.47 Å². The number of carbonyl (C=O) groups excluding carboxylic acids is 1. The van der Waals surface area contributed by atoms with Crippen molar-refractivity contribution in [3.63, 3.8) is 0 Å². The molecule has 0 aliphatic carbocycles. The molecule has 0 saturated carbocycles. The summed E-state index contributed by atoms with van der Waals surface area (Å²) in [5.74, 6) is 1.40. The Labute approximate surface area is 94.6 Å². The van der Waals surface area contributed by atoms with Gasteiger partial charge in [-0.15, -0.1) is 0 Å².